The van der Waals surface area contributed by atoms with Crippen LogP contribution in [0.3, 0.4) is 0 Å². The molecule has 0 atom stereocenters. The van der Waals surface area contributed by atoms with E-state index in [4.69, 9.17) is 0 Å². The Bertz CT molecular complexity index is 570. The Balaban J connectivity index is 3.22. The van der Waals surface area contributed by atoms with Gasteiger partial charge >= 0.3 is 0 Å². The Labute approximate surface area is 121 Å². The summed E-state index contributed by atoms with van der Waals surface area (Å²) in [6, 6.07) is 5.20. The van der Waals surface area contributed by atoms with Crippen LogP contribution in [0.4, 0.5) is 0 Å². The summed E-state index contributed by atoms with van der Waals surface area (Å²) in [7, 11) is -1.68. The maximum atomic E-state index is 12.6. The predicted molar refractivity (Wildman–Crippen MR) is 83.1 cm³/mol. The monoisotopic (exact) mass is 294 g/mol. The third-order valence-electron chi connectivity index (χ3n) is 2.99. The minimum Gasteiger partial charge on any atom is -0.316 e. The summed E-state index contributed by atoms with van der Waals surface area (Å²) in [5.74, 6) is 0. The Morgan fingerprint density at radius 3 is 2.35 bits per heavy atom. The van der Waals surface area contributed by atoms with Crippen LogP contribution in [0.15, 0.2) is 48.4 Å². The van der Waals surface area contributed by atoms with Crippen LogP contribution < -0.4 is 5.32 Å². The smallest absolute Gasteiger partial charge is 0.243 e. The molecule has 1 aromatic rings. The van der Waals surface area contributed by atoms with Crippen molar-refractivity contribution in [3.63, 3.8) is 0 Å². The molecule has 20 heavy (non-hydrogen) atoms. The van der Waals surface area contributed by atoms with E-state index in [1.54, 1.807) is 24.3 Å². The number of hydrogen-bond acceptors (Lipinski definition) is 3. The van der Waals surface area contributed by atoms with E-state index in [0.29, 0.717) is 11.4 Å². The third-order valence-corrected chi connectivity index (χ3v) is 4.82. The van der Waals surface area contributed by atoms with Crippen LogP contribution >= 0.6 is 0 Å². The van der Waals surface area contributed by atoms with Crippen LogP contribution in [0.1, 0.15) is 11.1 Å². The second kappa shape index (κ2) is 7.38. The van der Waals surface area contributed by atoms with Gasteiger partial charge in [-0.2, -0.15) is 4.31 Å². The minimum atomic E-state index is -3.52. The van der Waals surface area contributed by atoms with Gasteiger partial charge in [0.25, 0.3) is 0 Å². The molecule has 110 valence electrons. The van der Waals surface area contributed by atoms with Crippen molar-refractivity contribution in [3.05, 3.63) is 54.6 Å². The molecule has 4 nitrogen and oxygen atoms in total. The second-order valence-electron chi connectivity index (χ2n) is 4.52. The van der Waals surface area contributed by atoms with Gasteiger partial charge in [-0.3, -0.25) is 0 Å². The molecule has 1 N–H and O–H groups in total. The Morgan fingerprint density at radius 2 is 1.85 bits per heavy atom. The van der Waals surface area contributed by atoms with Gasteiger partial charge < -0.3 is 5.32 Å². The first-order valence-electron chi connectivity index (χ1n) is 6.43. The number of benzene rings is 1. The highest BCUT2D eigenvalue weighted by Gasteiger charge is 2.22. The maximum absolute atomic E-state index is 12.6. The third kappa shape index (κ3) is 3.79. The van der Waals surface area contributed by atoms with Crippen molar-refractivity contribution < 1.29 is 8.42 Å². The van der Waals surface area contributed by atoms with E-state index in [9.17, 15) is 8.42 Å². The molecule has 0 unspecified atom stereocenters. The predicted octanol–water partition coefficient (Wildman–Crippen LogP) is 2.08. The van der Waals surface area contributed by atoms with E-state index in [0.717, 1.165) is 11.1 Å². The molecule has 0 spiro atoms. The van der Waals surface area contributed by atoms with Gasteiger partial charge in [0.15, 0.2) is 0 Å². The standard InChI is InChI=1S/C15H22N2O2S/c1-5-9-17(10-6-2)20(18,19)15-8-7-13(3)14(11-15)12-16-4/h5-8,11,16H,1-2,9-10,12H2,3-4H3. The first-order chi connectivity index (χ1) is 9.47. The van der Waals surface area contributed by atoms with Crippen molar-refractivity contribution in [2.45, 2.75) is 18.4 Å². The number of rotatable bonds is 8. The Hall–Kier alpha value is -1.43. The normalized spacial score (nSPS) is 11.6. The van der Waals surface area contributed by atoms with E-state index < -0.39 is 10.0 Å². The lowest BCUT2D eigenvalue weighted by Crippen LogP contribution is -2.31. The fourth-order valence-electron chi connectivity index (χ4n) is 1.90. The summed E-state index contributed by atoms with van der Waals surface area (Å²) in [4.78, 5) is 0.303. The topological polar surface area (TPSA) is 49.4 Å². The minimum absolute atomic E-state index is 0.267. The van der Waals surface area contributed by atoms with Crippen LogP contribution in [0.2, 0.25) is 0 Å². The fraction of sp³-hybridized carbons (Fsp3) is 0.333. The van der Waals surface area contributed by atoms with Crippen molar-refractivity contribution in [2.75, 3.05) is 20.1 Å². The molecular formula is C15H22N2O2S. The largest absolute Gasteiger partial charge is 0.316 e. The van der Waals surface area contributed by atoms with Gasteiger partial charge in [0.2, 0.25) is 10.0 Å². The molecule has 0 fully saturated rings. The quantitative estimate of drug-likeness (QED) is 0.747. The molecule has 0 bridgehead atoms. The first kappa shape index (κ1) is 16.6. The van der Waals surface area contributed by atoms with E-state index in [1.165, 1.54) is 4.31 Å². The first-order valence-corrected chi connectivity index (χ1v) is 7.87. The molecule has 0 aliphatic carbocycles. The average Bonchev–Trinajstić information content (AvgIpc) is 2.41. The highest BCUT2D eigenvalue weighted by molar-refractivity contribution is 7.89. The molecule has 1 rings (SSSR count). The molecule has 0 aliphatic rings. The zero-order valence-electron chi connectivity index (χ0n) is 12.1. The van der Waals surface area contributed by atoms with Crippen molar-refractivity contribution in [1.29, 1.82) is 0 Å². The van der Waals surface area contributed by atoms with Crippen LogP contribution in [-0.4, -0.2) is 32.9 Å². The molecule has 0 amide bonds. The summed E-state index contributed by atoms with van der Waals surface area (Å²) >= 11 is 0. The summed E-state index contributed by atoms with van der Waals surface area (Å²) in [6.07, 6.45) is 3.15. The van der Waals surface area contributed by atoms with E-state index in [-0.39, 0.29) is 13.1 Å². The summed E-state index contributed by atoms with van der Waals surface area (Å²) in [5, 5.41) is 3.04. The number of nitrogens with zero attached hydrogens (tertiary/aromatic N) is 1. The van der Waals surface area contributed by atoms with Gasteiger partial charge in [-0.25, -0.2) is 8.42 Å². The van der Waals surface area contributed by atoms with Gasteiger partial charge in [0, 0.05) is 19.6 Å². The molecule has 0 aromatic heterocycles. The van der Waals surface area contributed by atoms with Gasteiger partial charge in [-0.05, 0) is 37.2 Å². The molecule has 1 aromatic carbocycles. The van der Waals surface area contributed by atoms with Gasteiger partial charge in [-0.15, -0.1) is 13.2 Å². The Kier molecular flexibility index (Phi) is 6.13. The number of aryl methyl sites for hydroxylation is 1. The van der Waals surface area contributed by atoms with Crippen molar-refractivity contribution in [3.8, 4) is 0 Å². The maximum Gasteiger partial charge on any atom is 0.243 e. The van der Waals surface area contributed by atoms with E-state index in [1.807, 2.05) is 20.0 Å². The van der Waals surface area contributed by atoms with Crippen LogP contribution in [0, 0.1) is 6.92 Å². The van der Waals surface area contributed by atoms with E-state index >= 15 is 0 Å². The lowest BCUT2D eigenvalue weighted by Gasteiger charge is -2.20. The van der Waals surface area contributed by atoms with Crippen LogP contribution in [-0.2, 0) is 16.6 Å². The zero-order valence-corrected chi connectivity index (χ0v) is 12.9. The van der Waals surface area contributed by atoms with Crippen molar-refractivity contribution >= 4 is 10.0 Å². The summed E-state index contributed by atoms with van der Waals surface area (Å²) in [5.41, 5.74) is 2.04. The van der Waals surface area contributed by atoms with Gasteiger partial charge in [0.1, 0.15) is 0 Å². The Morgan fingerprint density at radius 1 is 1.25 bits per heavy atom. The number of nitrogens with one attached hydrogen (secondary N) is 1. The summed E-state index contributed by atoms with van der Waals surface area (Å²) < 4.78 is 26.5. The molecule has 0 radical (unpaired) electrons. The van der Waals surface area contributed by atoms with Crippen molar-refractivity contribution in [1.82, 2.24) is 9.62 Å². The summed E-state index contributed by atoms with van der Waals surface area (Å²) in [6.45, 7) is 10.3. The lowest BCUT2D eigenvalue weighted by atomic mass is 10.1. The van der Waals surface area contributed by atoms with Crippen molar-refractivity contribution in [2.24, 2.45) is 0 Å². The molecule has 0 heterocycles. The highest BCUT2D eigenvalue weighted by atomic mass is 32.2. The highest BCUT2D eigenvalue weighted by Crippen LogP contribution is 2.19. The lowest BCUT2D eigenvalue weighted by molar-refractivity contribution is 0.474. The molecule has 0 aliphatic heterocycles. The number of hydrogen-bond donors (Lipinski definition) is 1. The van der Waals surface area contributed by atoms with E-state index in [2.05, 4.69) is 18.5 Å². The second-order valence-corrected chi connectivity index (χ2v) is 6.46. The van der Waals surface area contributed by atoms with Crippen LogP contribution in [0.25, 0.3) is 0 Å². The SMILES string of the molecule is C=CCN(CC=C)S(=O)(=O)c1ccc(C)c(CNC)c1. The fourth-order valence-corrected chi connectivity index (χ4v) is 3.33. The average molecular weight is 294 g/mol. The van der Waals surface area contributed by atoms with Gasteiger partial charge in [0.05, 0.1) is 4.90 Å². The molecule has 5 heteroatoms. The molecule has 0 saturated heterocycles. The number of sulfonamides is 1. The van der Waals surface area contributed by atoms with Gasteiger partial charge in [-0.1, -0.05) is 18.2 Å². The molecular weight excluding hydrogens is 272 g/mol. The zero-order chi connectivity index (χ0) is 15.2. The van der Waals surface area contributed by atoms with Crippen LogP contribution in [0.5, 0.6) is 0 Å². The molecule has 0 saturated carbocycles.